The van der Waals surface area contributed by atoms with Gasteiger partial charge in [-0.3, -0.25) is 4.79 Å². The van der Waals surface area contributed by atoms with Crippen molar-refractivity contribution >= 4 is 5.91 Å². The predicted octanol–water partition coefficient (Wildman–Crippen LogP) is 2.41. The fourth-order valence-electron chi connectivity index (χ4n) is 2.35. The maximum absolute atomic E-state index is 12.3. The van der Waals surface area contributed by atoms with E-state index in [1.54, 1.807) is 0 Å². The number of rotatable bonds is 8. The van der Waals surface area contributed by atoms with Crippen LogP contribution in [0.25, 0.3) is 0 Å². The van der Waals surface area contributed by atoms with E-state index < -0.39 is 0 Å². The van der Waals surface area contributed by atoms with E-state index in [9.17, 15) is 4.79 Å². The van der Waals surface area contributed by atoms with Crippen LogP contribution in [-0.2, 0) is 4.79 Å². The molecule has 0 aromatic rings. The zero-order valence-electron chi connectivity index (χ0n) is 11.7. The van der Waals surface area contributed by atoms with Crippen molar-refractivity contribution in [1.82, 2.24) is 10.2 Å². The first-order chi connectivity index (χ1) is 8.20. The van der Waals surface area contributed by atoms with Crippen LogP contribution < -0.4 is 5.32 Å². The van der Waals surface area contributed by atoms with Crippen LogP contribution in [0.5, 0.6) is 0 Å². The van der Waals surface area contributed by atoms with Gasteiger partial charge in [0.1, 0.15) is 0 Å². The topological polar surface area (TPSA) is 32.3 Å². The molecule has 3 heteroatoms. The SMILES string of the molecule is CCCCCN(C(=O)C1CNC1)C(C)CCC. The van der Waals surface area contributed by atoms with E-state index in [1.165, 1.54) is 12.8 Å². The van der Waals surface area contributed by atoms with Gasteiger partial charge in [0.2, 0.25) is 5.91 Å². The number of amides is 1. The van der Waals surface area contributed by atoms with E-state index in [0.29, 0.717) is 11.9 Å². The minimum Gasteiger partial charge on any atom is -0.340 e. The highest BCUT2D eigenvalue weighted by atomic mass is 16.2. The Morgan fingerprint density at radius 3 is 2.47 bits per heavy atom. The lowest BCUT2D eigenvalue weighted by molar-refractivity contribution is -0.139. The molecule has 1 unspecified atom stereocenters. The van der Waals surface area contributed by atoms with Gasteiger partial charge >= 0.3 is 0 Å². The molecule has 0 radical (unpaired) electrons. The Morgan fingerprint density at radius 2 is 2.00 bits per heavy atom. The van der Waals surface area contributed by atoms with Gasteiger partial charge in [0.05, 0.1) is 5.92 Å². The standard InChI is InChI=1S/C14H28N2O/c1-4-6-7-9-16(12(3)8-5-2)14(17)13-10-15-11-13/h12-13,15H,4-11H2,1-3H3. The Balaban J connectivity index is 2.47. The first-order valence-electron chi connectivity index (χ1n) is 7.21. The molecule has 1 aliphatic rings. The lowest BCUT2D eigenvalue weighted by Crippen LogP contribution is -2.54. The summed E-state index contributed by atoms with van der Waals surface area (Å²) in [5.41, 5.74) is 0. The second kappa shape index (κ2) is 7.70. The Hall–Kier alpha value is -0.570. The summed E-state index contributed by atoms with van der Waals surface area (Å²) in [4.78, 5) is 14.5. The van der Waals surface area contributed by atoms with Crippen molar-refractivity contribution in [1.29, 1.82) is 0 Å². The molecule has 1 rings (SSSR count). The number of carbonyl (C=O) groups excluding carboxylic acids is 1. The molecule has 0 spiro atoms. The zero-order valence-corrected chi connectivity index (χ0v) is 11.7. The highest BCUT2D eigenvalue weighted by molar-refractivity contribution is 5.80. The molecule has 0 aromatic heterocycles. The third-order valence-corrected chi connectivity index (χ3v) is 3.65. The van der Waals surface area contributed by atoms with Crippen molar-refractivity contribution in [3.8, 4) is 0 Å². The number of carbonyl (C=O) groups is 1. The van der Waals surface area contributed by atoms with E-state index in [-0.39, 0.29) is 5.92 Å². The minimum absolute atomic E-state index is 0.246. The van der Waals surface area contributed by atoms with Gasteiger partial charge in [0.15, 0.2) is 0 Å². The third kappa shape index (κ3) is 4.30. The molecule has 17 heavy (non-hydrogen) atoms. The fourth-order valence-corrected chi connectivity index (χ4v) is 2.35. The maximum Gasteiger partial charge on any atom is 0.228 e. The smallest absolute Gasteiger partial charge is 0.228 e. The summed E-state index contributed by atoms with van der Waals surface area (Å²) >= 11 is 0. The van der Waals surface area contributed by atoms with E-state index in [0.717, 1.165) is 38.9 Å². The number of unbranched alkanes of at least 4 members (excludes halogenated alkanes) is 2. The molecule has 100 valence electrons. The number of hydrogen-bond donors (Lipinski definition) is 1. The molecular weight excluding hydrogens is 212 g/mol. The summed E-state index contributed by atoms with van der Waals surface area (Å²) in [6.45, 7) is 9.29. The Morgan fingerprint density at radius 1 is 1.29 bits per heavy atom. The first kappa shape index (κ1) is 14.5. The number of nitrogens with zero attached hydrogens (tertiary/aromatic N) is 1. The minimum atomic E-state index is 0.246. The first-order valence-corrected chi connectivity index (χ1v) is 7.21. The zero-order chi connectivity index (χ0) is 12.7. The van der Waals surface area contributed by atoms with E-state index in [2.05, 4.69) is 31.0 Å². The van der Waals surface area contributed by atoms with Gasteiger partial charge in [0, 0.05) is 25.7 Å². The van der Waals surface area contributed by atoms with Crippen molar-refractivity contribution in [2.75, 3.05) is 19.6 Å². The quantitative estimate of drug-likeness (QED) is 0.661. The number of nitrogens with one attached hydrogen (secondary N) is 1. The highest BCUT2D eigenvalue weighted by Gasteiger charge is 2.30. The average molecular weight is 240 g/mol. The van der Waals surface area contributed by atoms with Crippen LogP contribution in [0.15, 0.2) is 0 Å². The van der Waals surface area contributed by atoms with Gasteiger partial charge < -0.3 is 10.2 Å². The van der Waals surface area contributed by atoms with E-state index in [4.69, 9.17) is 0 Å². The van der Waals surface area contributed by atoms with Crippen LogP contribution in [-0.4, -0.2) is 36.5 Å². The van der Waals surface area contributed by atoms with Crippen LogP contribution in [0, 0.1) is 5.92 Å². The Bertz CT molecular complexity index is 226. The van der Waals surface area contributed by atoms with Gasteiger partial charge in [-0.05, 0) is 19.8 Å². The van der Waals surface area contributed by atoms with Crippen molar-refractivity contribution in [3.63, 3.8) is 0 Å². The largest absolute Gasteiger partial charge is 0.340 e. The molecule has 0 aromatic carbocycles. The Kier molecular flexibility index (Phi) is 6.56. The maximum atomic E-state index is 12.3. The summed E-state index contributed by atoms with van der Waals surface area (Å²) in [6, 6.07) is 0.407. The highest BCUT2D eigenvalue weighted by Crippen LogP contribution is 2.15. The van der Waals surface area contributed by atoms with Gasteiger partial charge in [0.25, 0.3) is 0 Å². The third-order valence-electron chi connectivity index (χ3n) is 3.65. The summed E-state index contributed by atoms with van der Waals surface area (Å²) in [7, 11) is 0. The summed E-state index contributed by atoms with van der Waals surface area (Å²) in [5, 5.41) is 3.19. The molecule has 1 amide bonds. The van der Waals surface area contributed by atoms with Gasteiger partial charge in [-0.15, -0.1) is 0 Å². The van der Waals surface area contributed by atoms with Gasteiger partial charge in [-0.2, -0.15) is 0 Å². The van der Waals surface area contributed by atoms with Gasteiger partial charge in [-0.1, -0.05) is 33.1 Å². The van der Waals surface area contributed by atoms with Crippen molar-refractivity contribution in [2.45, 2.75) is 58.9 Å². The average Bonchev–Trinajstić information content (AvgIpc) is 2.22. The second-order valence-corrected chi connectivity index (χ2v) is 5.23. The molecular formula is C14H28N2O. The molecule has 1 atom stereocenters. The van der Waals surface area contributed by atoms with Crippen LogP contribution in [0.2, 0.25) is 0 Å². The van der Waals surface area contributed by atoms with Crippen LogP contribution in [0.4, 0.5) is 0 Å². The summed E-state index contributed by atoms with van der Waals surface area (Å²) in [6.07, 6.45) is 5.87. The van der Waals surface area contributed by atoms with Crippen LogP contribution in [0.3, 0.4) is 0 Å². The molecule has 1 aliphatic heterocycles. The molecule has 3 nitrogen and oxygen atoms in total. The molecule has 1 heterocycles. The lowest BCUT2D eigenvalue weighted by atomic mass is 9.99. The van der Waals surface area contributed by atoms with Gasteiger partial charge in [-0.25, -0.2) is 0 Å². The lowest BCUT2D eigenvalue weighted by Gasteiger charge is -2.36. The van der Waals surface area contributed by atoms with Crippen molar-refractivity contribution in [2.24, 2.45) is 5.92 Å². The van der Waals surface area contributed by atoms with Crippen molar-refractivity contribution < 1.29 is 4.79 Å². The molecule has 1 fully saturated rings. The summed E-state index contributed by atoms with van der Waals surface area (Å²) in [5.74, 6) is 0.622. The normalized spacial score (nSPS) is 17.6. The van der Waals surface area contributed by atoms with Crippen LogP contribution >= 0.6 is 0 Å². The van der Waals surface area contributed by atoms with E-state index in [1.807, 2.05) is 0 Å². The second-order valence-electron chi connectivity index (χ2n) is 5.23. The molecule has 1 N–H and O–H groups in total. The number of hydrogen-bond acceptors (Lipinski definition) is 2. The Labute approximate surface area is 106 Å². The monoisotopic (exact) mass is 240 g/mol. The molecule has 0 aliphatic carbocycles. The van der Waals surface area contributed by atoms with Crippen LogP contribution in [0.1, 0.15) is 52.9 Å². The molecule has 0 bridgehead atoms. The molecule has 0 saturated carbocycles. The summed E-state index contributed by atoms with van der Waals surface area (Å²) < 4.78 is 0. The van der Waals surface area contributed by atoms with Crippen molar-refractivity contribution in [3.05, 3.63) is 0 Å². The molecule has 1 saturated heterocycles. The van der Waals surface area contributed by atoms with E-state index >= 15 is 0 Å². The predicted molar refractivity (Wildman–Crippen MR) is 72.0 cm³/mol. The fraction of sp³-hybridized carbons (Fsp3) is 0.929.